The van der Waals surface area contributed by atoms with E-state index in [0.717, 1.165) is 47.7 Å². The average Bonchev–Trinajstić information content (AvgIpc) is 3.22. The van der Waals surface area contributed by atoms with Gasteiger partial charge in [0.05, 0.1) is 6.20 Å². The average molecular weight is 425 g/mol. The smallest absolute Gasteiger partial charge is 0.250 e. The van der Waals surface area contributed by atoms with Crippen molar-refractivity contribution in [2.45, 2.75) is 51.6 Å². The summed E-state index contributed by atoms with van der Waals surface area (Å²) in [7, 11) is 3.82. The third kappa shape index (κ3) is 4.30. The van der Waals surface area contributed by atoms with Gasteiger partial charge in [0.15, 0.2) is 5.65 Å². The molecule has 1 fully saturated rings. The number of aliphatic hydroxyl groups excluding tert-OH is 1. The first-order chi connectivity index (χ1) is 15.0. The van der Waals surface area contributed by atoms with E-state index in [2.05, 4.69) is 29.3 Å². The van der Waals surface area contributed by atoms with Crippen LogP contribution in [0.15, 0.2) is 35.4 Å². The summed E-state index contributed by atoms with van der Waals surface area (Å²) in [6, 6.07) is 5.87. The fourth-order valence-electron chi connectivity index (χ4n) is 4.52. The molecule has 3 aromatic heterocycles. The van der Waals surface area contributed by atoms with Crippen molar-refractivity contribution in [3.63, 3.8) is 0 Å². The van der Waals surface area contributed by atoms with Gasteiger partial charge in [-0.3, -0.25) is 4.79 Å². The second-order valence-electron chi connectivity index (χ2n) is 8.50. The van der Waals surface area contributed by atoms with E-state index < -0.39 is 0 Å². The molecule has 0 spiro atoms. The Hall–Kier alpha value is -2.87. The molecule has 3 heterocycles. The summed E-state index contributed by atoms with van der Waals surface area (Å²) in [5.41, 5.74) is 2.82. The maximum atomic E-state index is 12.0. The van der Waals surface area contributed by atoms with E-state index in [1.807, 2.05) is 22.8 Å². The zero-order chi connectivity index (χ0) is 22.0. The molecule has 31 heavy (non-hydrogen) atoms. The van der Waals surface area contributed by atoms with Crippen molar-refractivity contribution in [3.8, 4) is 0 Å². The molecule has 1 aliphatic rings. The molecular formula is C23H32N6O2. The molecule has 0 bridgehead atoms. The molecule has 166 valence electrons. The first kappa shape index (κ1) is 21.4. The minimum Gasteiger partial charge on any atom is -0.396 e. The van der Waals surface area contributed by atoms with E-state index >= 15 is 0 Å². The van der Waals surface area contributed by atoms with Gasteiger partial charge >= 0.3 is 0 Å². The molecule has 0 aromatic carbocycles. The number of aryl methyl sites for hydroxylation is 2. The van der Waals surface area contributed by atoms with Crippen molar-refractivity contribution in [1.29, 1.82) is 0 Å². The first-order valence-electron chi connectivity index (χ1n) is 11.1. The third-order valence-electron chi connectivity index (χ3n) is 6.52. The summed E-state index contributed by atoms with van der Waals surface area (Å²) in [6.07, 6.45) is 8.96. The Bertz CT molecular complexity index is 1110. The maximum absolute atomic E-state index is 12.0. The third-order valence-corrected chi connectivity index (χ3v) is 6.52. The van der Waals surface area contributed by atoms with Crippen molar-refractivity contribution in [2.24, 2.45) is 13.0 Å². The summed E-state index contributed by atoms with van der Waals surface area (Å²) in [5.74, 6) is 1.98. The Labute approximate surface area is 182 Å². The van der Waals surface area contributed by atoms with Gasteiger partial charge in [-0.05, 0) is 30.9 Å². The van der Waals surface area contributed by atoms with Crippen molar-refractivity contribution in [1.82, 2.24) is 19.2 Å². The lowest BCUT2D eigenvalue weighted by Crippen LogP contribution is -2.42. The topological polar surface area (TPSA) is 87.7 Å². The number of aromatic nitrogens is 4. The van der Waals surface area contributed by atoms with Crippen molar-refractivity contribution >= 4 is 17.3 Å². The number of fused-ring (bicyclic) bond motifs is 1. The normalized spacial score (nSPS) is 19.0. The number of nitrogens with one attached hydrogen (secondary N) is 1. The molecule has 0 unspecified atom stereocenters. The maximum Gasteiger partial charge on any atom is 0.250 e. The standard InChI is InChI=1S/C23H32N6O2/c1-4-17-14-25-29-20(24-13-16-9-10-27(2)22(31)11-16)12-21(26-23(17)29)28(3)19-8-6-5-7-18(19)15-30/h9-12,14,18-19,24,30H,4-8,13,15H2,1-3H3/t18-,19-/m0/s1. The molecule has 8 nitrogen and oxygen atoms in total. The van der Waals surface area contributed by atoms with Crippen LogP contribution in [0.25, 0.3) is 5.65 Å². The number of rotatable bonds is 7. The number of nitrogens with zero attached hydrogens (tertiary/aromatic N) is 5. The van der Waals surface area contributed by atoms with Crippen LogP contribution in [0.5, 0.6) is 0 Å². The van der Waals surface area contributed by atoms with E-state index in [0.29, 0.717) is 6.54 Å². The molecule has 2 atom stereocenters. The Morgan fingerprint density at radius 3 is 2.84 bits per heavy atom. The van der Waals surface area contributed by atoms with Gasteiger partial charge in [0, 0.05) is 63.1 Å². The SMILES string of the molecule is CCc1cnn2c(NCc3ccn(C)c(=O)c3)cc(N(C)[C@H]3CCCC[C@H]3CO)nc12. The number of pyridine rings is 1. The molecule has 3 aromatic rings. The Kier molecular flexibility index (Phi) is 6.27. The highest BCUT2D eigenvalue weighted by Crippen LogP contribution is 2.31. The van der Waals surface area contributed by atoms with Gasteiger partial charge in [-0.1, -0.05) is 19.8 Å². The summed E-state index contributed by atoms with van der Waals surface area (Å²) >= 11 is 0. The van der Waals surface area contributed by atoms with E-state index in [9.17, 15) is 9.90 Å². The molecule has 0 amide bonds. The predicted octanol–water partition coefficient (Wildman–Crippen LogP) is 2.59. The summed E-state index contributed by atoms with van der Waals surface area (Å²) in [4.78, 5) is 19.1. The number of aliphatic hydroxyl groups is 1. The van der Waals surface area contributed by atoms with Gasteiger partial charge < -0.3 is 19.9 Å². The van der Waals surface area contributed by atoms with Crippen molar-refractivity contribution < 1.29 is 5.11 Å². The van der Waals surface area contributed by atoms with Crippen LogP contribution in [0.2, 0.25) is 0 Å². The zero-order valence-electron chi connectivity index (χ0n) is 18.6. The van der Waals surface area contributed by atoms with E-state index in [1.165, 1.54) is 12.8 Å². The predicted molar refractivity (Wildman–Crippen MR) is 123 cm³/mol. The minimum absolute atomic E-state index is 0.0284. The Morgan fingerprint density at radius 1 is 1.29 bits per heavy atom. The molecule has 0 radical (unpaired) electrons. The molecule has 1 saturated carbocycles. The van der Waals surface area contributed by atoms with Gasteiger partial charge in [0.25, 0.3) is 5.56 Å². The van der Waals surface area contributed by atoms with Crippen molar-refractivity contribution in [2.75, 3.05) is 23.9 Å². The van der Waals surface area contributed by atoms with Crippen LogP contribution in [0, 0.1) is 5.92 Å². The van der Waals surface area contributed by atoms with Crippen LogP contribution in [-0.4, -0.2) is 44.0 Å². The second-order valence-corrected chi connectivity index (χ2v) is 8.50. The van der Waals surface area contributed by atoms with Crippen LogP contribution < -0.4 is 15.8 Å². The van der Waals surface area contributed by atoms with Crippen LogP contribution in [0.1, 0.15) is 43.7 Å². The highest BCUT2D eigenvalue weighted by atomic mass is 16.3. The highest BCUT2D eigenvalue weighted by Gasteiger charge is 2.29. The summed E-state index contributed by atoms with van der Waals surface area (Å²) in [6.45, 7) is 2.82. The van der Waals surface area contributed by atoms with Crippen LogP contribution in [-0.2, 0) is 20.0 Å². The van der Waals surface area contributed by atoms with Gasteiger partial charge in [-0.15, -0.1) is 0 Å². The van der Waals surface area contributed by atoms with E-state index in [-0.39, 0.29) is 24.1 Å². The van der Waals surface area contributed by atoms with Gasteiger partial charge in [0.2, 0.25) is 0 Å². The minimum atomic E-state index is -0.0284. The quantitative estimate of drug-likeness (QED) is 0.606. The van der Waals surface area contributed by atoms with Gasteiger partial charge in [-0.25, -0.2) is 4.98 Å². The first-order valence-corrected chi connectivity index (χ1v) is 11.1. The highest BCUT2D eigenvalue weighted by molar-refractivity contribution is 5.61. The molecular weight excluding hydrogens is 392 g/mol. The van der Waals surface area contributed by atoms with Crippen molar-refractivity contribution in [3.05, 3.63) is 52.1 Å². The molecule has 0 aliphatic heterocycles. The lowest BCUT2D eigenvalue weighted by molar-refractivity contribution is 0.168. The van der Waals surface area contributed by atoms with Crippen LogP contribution >= 0.6 is 0 Å². The monoisotopic (exact) mass is 424 g/mol. The van der Waals surface area contributed by atoms with Crippen LogP contribution in [0.3, 0.4) is 0 Å². The number of hydrogen-bond acceptors (Lipinski definition) is 6. The number of hydrogen-bond donors (Lipinski definition) is 2. The van der Waals surface area contributed by atoms with Crippen LogP contribution in [0.4, 0.5) is 11.6 Å². The van der Waals surface area contributed by atoms with E-state index in [4.69, 9.17) is 4.98 Å². The zero-order valence-corrected chi connectivity index (χ0v) is 18.6. The summed E-state index contributed by atoms with van der Waals surface area (Å²) < 4.78 is 3.39. The largest absolute Gasteiger partial charge is 0.396 e. The molecule has 1 aliphatic carbocycles. The Balaban J connectivity index is 1.68. The summed E-state index contributed by atoms with van der Waals surface area (Å²) in [5, 5.41) is 17.9. The fourth-order valence-corrected chi connectivity index (χ4v) is 4.52. The molecule has 8 heteroatoms. The second kappa shape index (κ2) is 9.09. The number of anilines is 2. The molecule has 4 rings (SSSR count). The lowest BCUT2D eigenvalue weighted by atomic mass is 9.84. The molecule has 2 N–H and O–H groups in total. The lowest BCUT2D eigenvalue weighted by Gasteiger charge is -2.38. The molecule has 0 saturated heterocycles. The van der Waals surface area contributed by atoms with Gasteiger partial charge in [-0.2, -0.15) is 9.61 Å². The Morgan fingerprint density at radius 2 is 2.10 bits per heavy atom. The van der Waals surface area contributed by atoms with E-state index in [1.54, 1.807) is 23.9 Å². The fraction of sp³-hybridized carbons (Fsp3) is 0.522. The van der Waals surface area contributed by atoms with Gasteiger partial charge in [0.1, 0.15) is 11.6 Å².